The van der Waals surface area contributed by atoms with Crippen molar-refractivity contribution < 1.29 is 52.9 Å². The summed E-state index contributed by atoms with van der Waals surface area (Å²) in [6, 6.07) is 33.6. The van der Waals surface area contributed by atoms with Crippen molar-refractivity contribution >= 4 is 103 Å². The van der Waals surface area contributed by atoms with Crippen LogP contribution < -0.4 is 24.3 Å². The zero-order chi connectivity index (χ0) is 70.6. The lowest BCUT2D eigenvalue weighted by molar-refractivity contribution is 0.0429. The molecule has 12 rings (SSSR count). The van der Waals surface area contributed by atoms with Gasteiger partial charge in [-0.3, -0.25) is 28.8 Å². The lowest BCUT2D eigenvalue weighted by atomic mass is 9.84. The van der Waals surface area contributed by atoms with Gasteiger partial charge in [-0.05, 0) is 215 Å². The van der Waals surface area contributed by atoms with Crippen molar-refractivity contribution in [2.24, 2.45) is 5.92 Å². The Balaban J connectivity index is 0.808. The molecule has 8 aromatic carbocycles. The predicted molar refractivity (Wildman–Crippen MR) is 392 cm³/mol. The fourth-order valence-corrected chi connectivity index (χ4v) is 14.2. The van der Waals surface area contributed by atoms with Crippen LogP contribution in [0.3, 0.4) is 0 Å². The summed E-state index contributed by atoms with van der Waals surface area (Å²) in [7, 11) is 3.14. The van der Waals surface area contributed by atoms with E-state index in [1.807, 2.05) is 67.5 Å². The Labute approximate surface area is 577 Å². The molecule has 4 aliphatic rings. The van der Waals surface area contributed by atoms with E-state index in [9.17, 15) is 29.1 Å². The van der Waals surface area contributed by atoms with Crippen LogP contribution in [0.4, 0.5) is 22.7 Å². The van der Waals surface area contributed by atoms with Crippen LogP contribution in [0.1, 0.15) is 248 Å². The summed E-state index contributed by atoms with van der Waals surface area (Å²) in [6.45, 7) is 20.6. The summed E-state index contributed by atoms with van der Waals surface area (Å²) in [6.07, 6.45) is 17.6. The van der Waals surface area contributed by atoms with E-state index in [1.54, 1.807) is 80.8 Å². The number of carbonyl (C=O) groups excluding carboxylic acids is 7. The zero-order valence-corrected chi connectivity index (χ0v) is 58.2. The fraction of sp³-hybridized carbons (Fsp3) is 0.286. The molecule has 1 unspecified atom stereocenters. The van der Waals surface area contributed by atoms with Gasteiger partial charge >= 0.3 is 11.9 Å². The average molecular weight is 1320 g/mol. The van der Waals surface area contributed by atoms with Crippen LogP contribution in [0.25, 0.3) is 32.7 Å². The molecule has 0 saturated heterocycles. The van der Waals surface area contributed by atoms with Crippen LogP contribution in [0, 0.1) is 5.92 Å². The first-order valence-corrected chi connectivity index (χ1v) is 34.3. The van der Waals surface area contributed by atoms with Crippen LogP contribution in [0.5, 0.6) is 11.5 Å². The topological polar surface area (TPSA) is 188 Å². The van der Waals surface area contributed by atoms with Gasteiger partial charge in [0.15, 0.2) is 0 Å². The summed E-state index contributed by atoms with van der Waals surface area (Å²) in [5, 5.41) is 11.0. The molecular formula is C84H82N4O11. The number of hydrogen-bond acceptors (Lipinski definition) is 10. The number of carboxylic acid groups (broad SMARTS) is 1. The maximum Gasteiger partial charge on any atom is 0.338 e. The van der Waals surface area contributed by atoms with Crippen molar-refractivity contribution in [3.8, 4) is 11.5 Å². The lowest BCUT2D eigenvalue weighted by Crippen LogP contribution is -2.42. The van der Waals surface area contributed by atoms with E-state index >= 15 is 14.4 Å². The molecule has 2 aliphatic heterocycles. The Morgan fingerprint density at radius 2 is 0.848 bits per heavy atom. The predicted octanol–water partition coefficient (Wildman–Crippen LogP) is 19.2. The molecule has 2 aliphatic carbocycles. The van der Waals surface area contributed by atoms with Gasteiger partial charge in [0.25, 0.3) is 35.4 Å². The number of nitrogens with zero attached hydrogens (tertiary/aromatic N) is 4. The standard InChI is InChI=1S/C84H82N4O11/c1-13-15-20-50(14-2)45-98-84(97)66-40-38-64-72-62(80(92)88(82(64)94)76-69(48(7)8)43-54(44-70(76)49(9)10)52-23-18-19-24-52)36-34-60(74(66)72)78(90)86(12)56-27-31-58(32-28-56)99-57-29-25-55(26-30-57)85(11)77(89)59-33-35-61-71-63(37-39-65(73(59)71)83(95)96)81(93)87(79(61)91)75-67(46(3)4)41-53(42-68(75)47(5)6)51-21-16-17-22-51/h16-19,21,23,25-44,46-50H,13-15,20,22,24,45H2,1-12H3,(H,95,96). The molecule has 6 amide bonds. The molecule has 504 valence electrons. The van der Waals surface area contributed by atoms with Gasteiger partial charge in [-0.2, -0.15) is 0 Å². The highest BCUT2D eigenvalue weighted by atomic mass is 16.5. The molecule has 0 radical (unpaired) electrons. The Hall–Kier alpha value is -10.8. The number of esters is 1. The molecular weight excluding hydrogens is 1240 g/mol. The van der Waals surface area contributed by atoms with Gasteiger partial charge in [0.1, 0.15) is 11.5 Å². The summed E-state index contributed by atoms with van der Waals surface area (Å²) >= 11 is 0. The van der Waals surface area contributed by atoms with E-state index in [0.29, 0.717) is 34.2 Å². The second-order valence-electron chi connectivity index (χ2n) is 27.4. The van der Waals surface area contributed by atoms with Crippen molar-refractivity contribution in [1.29, 1.82) is 0 Å². The first-order chi connectivity index (χ1) is 47.4. The zero-order valence-electron chi connectivity index (χ0n) is 58.2. The van der Waals surface area contributed by atoms with Crippen LogP contribution in [-0.2, 0) is 4.74 Å². The molecule has 1 atom stereocenters. The second-order valence-corrected chi connectivity index (χ2v) is 27.4. The normalized spacial score (nSPS) is 14.4. The fourth-order valence-electron chi connectivity index (χ4n) is 14.2. The van der Waals surface area contributed by atoms with Gasteiger partial charge in [-0.15, -0.1) is 0 Å². The number of carboxylic acids is 1. The Morgan fingerprint density at radius 1 is 0.485 bits per heavy atom. The molecule has 2 heterocycles. The number of aromatic carboxylic acids is 1. The monoisotopic (exact) mass is 1320 g/mol. The molecule has 15 nitrogen and oxygen atoms in total. The number of amides is 6. The highest BCUT2D eigenvalue weighted by Crippen LogP contribution is 2.47. The number of rotatable bonds is 22. The number of carbonyl (C=O) groups is 8. The number of allylic oxidation sites excluding steroid dienone is 8. The molecule has 99 heavy (non-hydrogen) atoms. The summed E-state index contributed by atoms with van der Waals surface area (Å²) in [5.74, 6) is -4.85. The first kappa shape index (κ1) is 68.2. The summed E-state index contributed by atoms with van der Waals surface area (Å²) in [5.41, 5.74) is 10.1. The third kappa shape index (κ3) is 12.4. The van der Waals surface area contributed by atoms with Gasteiger partial charge in [-0.25, -0.2) is 19.4 Å². The van der Waals surface area contributed by atoms with E-state index in [4.69, 9.17) is 9.47 Å². The van der Waals surface area contributed by atoms with Gasteiger partial charge in [0, 0.05) is 80.4 Å². The molecule has 8 aromatic rings. The Morgan fingerprint density at radius 3 is 1.18 bits per heavy atom. The number of ether oxygens (including phenoxy) is 2. The Kier molecular flexibility index (Phi) is 19.0. The van der Waals surface area contributed by atoms with Crippen molar-refractivity contribution in [1.82, 2.24) is 0 Å². The maximum absolute atomic E-state index is 15.3. The van der Waals surface area contributed by atoms with Gasteiger partial charge in [-0.1, -0.05) is 125 Å². The maximum atomic E-state index is 15.3. The van der Waals surface area contributed by atoms with E-state index in [2.05, 4.69) is 62.4 Å². The minimum Gasteiger partial charge on any atom is -0.478 e. The highest BCUT2D eigenvalue weighted by molar-refractivity contribution is 6.40. The van der Waals surface area contributed by atoms with Crippen LogP contribution in [0.2, 0.25) is 0 Å². The van der Waals surface area contributed by atoms with Gasteiger partial charge in [0.2, 0.25) is 0 Å². The molecule has 0 spiro atoms. The summed E-state index contributed by atoms with van der Waals surface area (Å²) in [4.78, 5) is 123. The highest BCUT2D eigenvalue weighted by Gasteiger charge is 2.42. The number of benzene rings is 8. The lowest BCUT2D eigenvalue weighted by Gasteiger charge is -2.33. The van der Waals surface area contributed by atoms with Crippen molar-refractivity contribution in [3.05, 3.63) is 236 Å². The smallest absolute Gasteiger partial charge is 0.338 e. The SMILES string of the molecule is CCCCC(CC)COC(=O)c1ccc2c3c(ccc(C(=O)N(C)c4ccc(Oc5ccc(N(C)C(=O)c6ccc7c8c(ccc(C(=O)O)c68)C(=O)N(c6c(C(C)C)cc(C8=CC=CC8)cc6C(C)C)C7=O)cc5)cc4)c13)C(=O)N(c1c(C(C)C)cc(C3=CC=CC3)cc1C(C)C)C2=O. The van der Waals surface area contributed by atoms with Crippen LogP contribution >= 0.6 is 0 Å². The molecule has 0 bridgehead atoms. The average Bonchev–Trinajstić information content (AvgIpc) is 1.43. The minimum atomic E-state index is -1.34. The van der Waals surface area contributed by atoms with E-state index < -0.39 is 47.4 Å². The van der Waals surface area contributed by atoms with Crippen LogP contribution in [0.15, 0.2) is 158 Å². The van der Waals surface area contributed by atoms with E-state index in [1.165, 1.54) is 49.9 Å². The van der Waals surface area contributed by atoms with Gasteiger partial charge in [0.05, 0.1) is 29.1 Å². The van der Waals surface area contributed by atoms with Gasteiger partial charge < -0.3 is 24.4 Å². The second kappa shape index (κ2) is 27.6. The quantitative estimate of drug-likeness (QED) is 0.0502. The van der Waals surface area contributed by atoms with E-state index in [-0.39, 0.29) is 102 Å². The number of hydrogen-bond donors (Lipinski definition) is 1. The third-order valence-electron chi connectivity index (χ3n) is 19.8. The molecule has 0 fully saturated rings. The van der Waals surface area contributed by atoms with Crippen molar-refractivity contribution in [3.63, 3.8) is 0 Å². The minimum absolute atomic E-state index is 0.0163. The number of imide groups is 2. The molecule has 0 saturated carbocycles. The largest absolute Gasteiger partial charge is 0.478 e. The number of anilines is 4. The first-order valence-electron chi connectivity index (χ1n) is 34.3. The van der Waals surface area contributed by atoms with Crippen molar-refractivity contribution in [2.45, 2.75) is 131 Å². The Bertz CT molecular complexity index is 4750. The third-order valence-corrected chi connectivity index (χ3v) is 19.8. The van der Waals surface area contributed by atoms with E-state index in [0.717, 1.165) is 83.1 Å². The van der Waals surface area contributed by atoms with Crippen LogP contribution in [-0.4, -0.2) is 73.2 Å². The number of unbranched alkanes of at least 4 members (excludes halogenated alkanes) is 1. The molecule has 1 N–H and O–H groups in total. The van der Waals surface area contributed by atoms with Crippen molar-refractivity contribution in [2.75, 3.05) is 40.3 Å². The summed E-state index contributed by atoms with van der Waals surface area (Å²) < 4.78 is 12.3. The molecule has 0 aromatic heterocycles. The molecule has 15 heteroatoms.